The molecule has 0 spiro atoms. The lowest BCUT2D eigenvalue weighted by Gasteiger charge is -2.19. The van der Waals surface area contributed by atoms with Crippen LogP contribution >= 0.6 is 0 Å². The molecule has 290 valence electrons. The molecule has 0 unspecified atom stereocenters. The van der Waals surface area contributed by atoms with Crippen molar-refractivity contribution in [2.24, 2.45) is 0 Å². The van der Waals surface area contributed by atoms with E-state index >= 15 is 0 Å². The van der Waals surface area contributed by atoms with Crippen molar-refractivity contribution in [2.45, 2.75) is 0 Å². The number of nitrogens with zero attached hydrogens (tertiary/aromatic N) is 3. The smallest absolute Gasteiger partial charge is 0.164 e. The van der Waals surface area contributed by atoms with Crippen LogP contribution in [0.25, 0.3) is 111 Å². The van der Waals surface area contributed by atoms with Gasteiger partial charge in [-0.25, -0.2) is 15.0 Å². The maximum absolute atomic E-state index is 5.32. The fourth-order valence-corrected chi connectivity index (χ4v) is 8.61. The topological polar surface area (TPSA) is 38.7 Å². The zero-order valence-corrected chi connectivity index (χ0v) is 33.9. The standard InChI is InChI=1S/C59H39N3/c1-5-16-40(17-6-1)47-32-33-49-37-50(35-34-48(49)36-47)58-60-57(46-30-28-44(29-31-46)53-27-15-25-41-22-13-14-26-52(41)53)61-59(62-58)51-38-54(42-18-7-2-8-19-42)56(45-23-11-4-12-24-45)55(39-51)43-20-9-3-10-21-43/h1-39H. The lowest BCUT2D eigenvalue weighted by atomic mass is 9.86. The molecule has 62 heavy (non-hydrogen) atoms. The van der Waals surface area contributed by atoms with Crippen molar-refractivity contribution < 1.29 is 0 Å². The van der Waals surface area contributed by atoms with Gasteiger partial charge in [0.05, 0.1) is 0 Å². The third-order valence-corrected chi connectivity index (χ3v) is 11.7. The summed E-state index contributed by atoms with van der Waals surface area (Å²) < 4.78 is 0. The zero-order valence-electron chi connectivity index (χ0n) is 33.9. The molecule has 11 rings (SSSR count). The first-order valence-corrected chi connectivity index (χ1v) is 21.0. The normalized spacial score (nSPS) is 11.2. The van der Waals surface area contributed by atoms with E-state index in [9.17, 15) is 0 Å². The average molecular weight is 790 g/mol. The van der Waals surface area contributed by atoms with Crippen LogP contribution in [0.3, 0.4) is 0 Å². The maximum Gasteiger partial charge on any atom is 0.164 e. The molecule has 0 amide bonds. The molecule has 10 aromatic carbocycles. The highest BCUT2D eigenvalue weighted by atomic mass is 15.0. The molecule has 0 bridgehead atoms. The highest BCUT2D eigenvalue weighted by Gasteiger charge is 2.20. The van der Waals surface area contributed by atoms with Crippen molar-refractivity contribution in [1.29, 1.82) is 0 Å². The number of hydrogen-bond acceptors (Lipinski definition) is 3. The SMILES string of the molecule is c1ccc(-c2ccc3cc(-c4nc(-c5ccc(-c6cccc7ccccc67)cc5)nc(-c5cc(-c6ccccc6)c(-c6ccccc6)c(-c6ccccc6)c5)n4)ccc3c2)cc1. The van der Waals surface area contributed by atoms with E-state index in [0.717, 1.165) is 66.4 Å². The van der Waals surface area contributed by atoms with Gasteiger partial charge in [0.25, 0.3) is 0 Å². The minimum absolute atomic E-state index is 0.608. The van der Waals surface area contributed by atoms with Gasteiger partial charge in [0.15, 0.2) is 17.5 Å². The van der Waals surface area contributed by atoms with Crippen LogP contribution in [0.5, 0.6) is 0 Å². The van der Waals surface area contributed by atoms with Gasteiger partial charge < -0.3 is 0 Å². The van der Waals surface area contributed by atoms with Gasteiger partial charge in [0.1, 0.15) is 0 Å². The van der Waals surface area contributed by atoms with Crippen molar-refractivity contribution in [3.63, 3.8) is 0 Å². The van der Waals surface area contributed by atoms with Crippen LogP contribution in [0.1, 0.15) is 0 Å². The molecule has 0 aliphatic heterocycles. The lowest BCUT2D eigenvalue weighted by molar-refractivity contribution is 1.07. The largest absolute Gasteiger partial charge is 0.208 e. The van der Waals surface area contributed by atoms with Crippen LogP contribution in [0, 0.1) is 0 Å². The minimum atomic E-state index is 0.608. The molecule has 11 aromatic rings. The fraction of sp³-hybridized carbons (Fsp3) is 0. The summed E-state index contributed by atoms with van der Waals surface area (Å²) in [6.07, 6.45) is 0. The second-order valence-corrected chi connectivity index (χ2v) is 15.6. The quantitative estimate of drug-likeness (QED) is 0.154. The third-order valence-electron chi connectivity index (χ3n) is 11.7. The Morgan fingerprint density at radius 3 is 1.24 bits per heavy atom. The minimum Gasteiger partial charge on any atom is -0.208 e. The molecule has 0 saturated heterocycles. The van der Waals surface area contributed by atoms with Gasteiger partial charge >= 0.3 is 0 Å². The van der Waals surface area contributed by atoms with E-state index in [1.54, 1.807) is 0 Å². The highest BCUT2D eigenvalue weighted by Crippen LogP contribution is 2.43. The predicted molar refractivity (Wildman–Crippen MR) is 258 cm³/mol. The lowest BCUT2D eigenvalue weighted by Crippen LogP contribution is -2.01. The van der Waals surface area contributed by atoms with Crippen LogP contribution in [0.15, 0.2) is 237 Å². The number of benzene rings is 10. The van der Waals surface area contributed by atoms with E-state index < -0.39 is 0 Å². The summed E-state index contributed by atoms with van der Waals surface area (Å²) in [5.41, 5.74) is 14.2. The first-order valence-electron chi connectivity index (χ1n) is 21.0. The van der Waals surface area contributed by atoms with Crippen molar-refractivity contribution in [3.8, 4) is 89.8 Å². The monoisotopic (exact) mass is 789 g/mol. The molecule has 1 heterocycles. The first-order chi connectivity index (χ1) is 30.7. The van der Waals surface area contributed by atoms with Crippen molar-refractivity contribution in [3.05, 3.63) is 237 Å². The number of fused-ring (bicyclic) bond motifs is 2. The maximum atomic E-state index is 5.32. The summed E-state index contributed by atoms with van der Waals surface area (Å²) in [6.45, 7) is 0. The van der Waals surface area contributed by atoms with Gasteiger partial charge in [-0.05, 0) is 101 Å². The van der Waals surface area contributed by atoms with Crippen molar-refractivity contribution in [2.75, 3.05) is 0 Å². The predicted octanol–water partition coefficient (Wildman–Crippen LogP) is 15.5. The molecule has 3 heteroatoms. The molecular weight excluding hydrogens is 751 g/mol. The molecule has 0 radical (unpaired) electrons. The molecule has 0 saturated carbocycles. The van der Waals surface area contributed by atoms with Gasteiger partial charge in [-0.1, -0.05) is 212 Å². The number of rotatable bonds is 8. The summed E-state index contributed by atoms with van der Waals surface area (Å²) in [5, 5.41) is 4.72. The Hall–Kier alpha value is -8.27. The molecule has 0 aliphatic rings. The Morgan fingerprint density at radius 1 is 0.210 bits per heavy atom. The second kappa shape index (κ2) is 16.1. The van der Waals surface area contributed by atoms with Gasteiger partial charge in [0.2, 0.25) is 0 Å². The van der Waals surface area contributed by atoms with Crippen molar-refractivity contribution in [1.82, 2.24) is 15.0 Å². The van der Waals surface area contributed by atoms with Gasteiger partial charge in [-0.2, -0.15) is 0 Å². The Bertz CT molecular complexity index is 3300. The van der Waals surface area contributed by atoms with E-state index in [2.05, 4.69) is 237 Å². The van der Waals surface area contributed by atoms with E-state index in [4.69, 9.17) is 15.0 Å². The van der Waals surface area contributed by atoms with E-state index in [0.29, 0.717) is 17.5 Å². The second-order valence-electron chi connectivity index (χ2n) is 15.6. The number of aromatic nitrogens is 3. The molecule has 0 fully saturated rings. The van der Waals surface area contributed by atoms with E-state index in [-0.39, 0.29) is 0 Å². The van der Waals surface area contributed by atoms with Crippen LogP contribution in [0.4, 0.5) is 0 Å². The molecule has 0 N–H and O–H groups in total. The summed E-state index contributed by atoms with van der Waals surface area (Å²) in [4.78, 5) is 15.9. The van der Waals surface area contributed by atoms with Crippen LogP contribution in [-0.4, -0.2) is 15.0 Å². The summed E-state index contributed by atoms with van der Waals surface area (Å²) in [7, 11) is 0. The van der Waals surface area contributed by atoms with Crippen molar-refractivity contribution >= 4 is 21.5 Å². The summed E-state index contributed by atoms with van der Waals surface area (Å²) in [6, 6.07) is 83.7. The molecular formula is C59H39N3. The third kappa shape index (κ3) is 7.12. The average Bonchev–Trinajstić information content (AvgIpc) is 3.36. The highest BCUT2D eigenvalue weighted by molar-refractivity contribution is 5.99. The Labute approximate surface area is 361 Å². The summed E-state index contributed by atoms with van der Waals surface area (Å²) >= 11 is 0. The fourth-order valence-electron chi connectivity index (χ4n) is 8.61. The Kier molecular flexibility index (Phi) is 9.53. The van der Waals surface area contributed by atoms with Crippen LogP contribution < -0.4 is 0 Å². The Morgan fingerprint density at radius 2 is 0.629 bits per heavy atom. The summed E-state index contributed by atoms with van der Waals surface area (Å²) in [5.74, 6) is 1.84. The Balaban J connectivity index is 1.11. The van der Waals surface area contributed by atoms with Gasteiger partial charge in [0, 0.05) is 16.7 Å². The van der Waals surface area contributed by atoms with Gasteiger partial charge in [-0.3, -0.25) is 0 Å². The zero-order chi connectivity index (χ0) is 41.2. The molecule has 0 atom stereocenters. The first kappa shape index (κ1) is 36.8. The molecule has 3 nitrogen and oxygen atoms in total. The van der Waals surface area contributed by atoms with Crippen LogP contribution in [-0.2, 0) is 0 Å². The molecule has 1 aromatic heterocycles. The van der Waals surface area contributed by atoms with Gasteiger partial charge in [-0.15, -0.1) is 0 Å². The van der Waals surface area contributed by atoms with E-state index in [1.807, 2.05) is 0 Å². The molecule has 0 aliphatic carbocycles. The van der Waals surface area contributed by atoms with Crippen LogP contribution in [0.2, 0.25) is 0 Å². The van der Waals surface area contributed by atoms with E-state index in [1.165, 1.54) is 27.5 Å². The number of hydrogen-bond donors (Lipinski definition) is 0.